The molecule has 0 aliphatic rings. The van der Waals surface area contributed by atoms with Gasteiger partial charge in [-0.15, -0.1) is 0 Å². The van der Waals surface area contributed by atoms with E-state index in [0.29, 0.717) is 0 Å². The largest absolute Gasteiger partial charge is 0.0564 e. The van der Waals surface area contributed by atoms with Crippen LogP contribution in [0.25, 0.3) is 0 Å². The fraction of sp³-hybridized carbons (Fsp3) is 0.250. The van der Waals surface area contributed by atoms with Crippen molar-refractivity contribution in [3.63, 3.8) is 0 Å². The van der Waals surface area contributed by atoms with Gasteiger partial charge in [-0.25, -0.2) is 0 Å². The summed E-state index contributed by atoms with van der Waals surface area (Å²) in [5.41, 5.74) is 4.06. The van der Waals surface area contributed by atoms with Crippen LogP contribution in [0.15, 0.2) is 18.2 Å². The number of rotatable bonds is 0. The molecule has 0 radical (unpaired) electrons. The van der Waals surface area contributed by atoms with Crippen molar-refractivity contribution in [3.05, 3.63) is 34.9 Å². The standard InChI is InChI=1S/C9H12.3CHO.W/c1-7-4-8(2)6-9(3)5-7;3*1-2;/h4-6H,1-3H3;3*1H;/q;3*+1;. The van der Waals surface area contributed by atoms with Crippen molar-refractivity contribution in [2.24, 2.45) is 0 Å². The van der Waals surface area contributed by atoms with Crippen LogP contribution >= 0.6 is 0 Å². The van der Waals surface area contributed by atoms with Crippen LogP contribution in [0.1, 0.15) is 16.7 Å². The first kappa shape index (κ1) is 24.4. The van der Waals surface area contributed by atoms with Gasteiger partial charge in [-0.1, -0.05) is 34.9 Å². The summed E-state index contributed by atoms with van der Waals surface area (Å²) in [5, 5.41) is 0. The quantitative estimate of drug-likeness (QED) is 0.611. The molecule has 16 heavy (non-hydrogen) atoms. The van der Waals surface area contributed by atoms with E-state index in [0.717, 1.165) is 0 Å². The molecule has 1 rings (SSSR count). The molecular formula is C12H15O3W+3. The summed E-state index contributed by atoms with van der Waals surface area (Å²) in [6.45, 7) is 16.1. The van der Waals surface area contributed by atoms with Gasteiger partial charge in [0.15, 0.2) is 0 Å². The summed E-state index contributed by atoms with van der Waals surface area (Å²) in [6, 6.07) is 6.56. The smallest absolute Gasteiger partial charge is 0 e. The molecular weight excluding hydrogens is 376 g/mol. The van der Waals surface area contributed by atoms with Crippen molar-refractivity contribution >= 4 is 0 Å². The van der Waals surface area contributed by atoms with E-state index in [1.165, 1.54) is 16.7 Å². The van der Waals surface area contributed by atoms with Crippen LogP contribution in [-0.4, -0.2) is 0 Å². The zero-order valence-electron chi connectivity index (χ0n) is 9.60. The summed E-state index contributed by atoms with van der Waals surface area (Å²) in [4.78, 5) is 0. The summed E-state index contributed by atoms with van der Waals surface area (Å²) >= 11 is 0. The maximum Gasteiger partial charge on any atom is 0 e. The van der Waals surface area contributed by atoms with Crippen molar-refractivity contribution in [1.82, 2.24) is 0 Å². The minimum absolute atomic E-state index is 0. The van der Waals surface area contributed by atoms with E-state index >= 15 is 0 Å². The van der Waals surface area contributed by atoms with Crippen molar-refractivity contribution in [3.8, 4) is 20.0 Å². The van der Waals surface area contributed by atoms with Gasteiger partial charge in [-0.2, -0.15) is 0 Å². The van der Waals surface area contributed by atoms with Gasteiger partial charge in [0.2, 0.25) is 0 Å². The summed E-state index contributed by atoms with van der Waals surface area (Å²) < 4.78 is 23.2. The Labute approximate surface area is 111 Å². The third-order valence-electron chi connectivity index (χ3n) is 1.37. The molecule has 0 heterocycles. The van der Waals surface area contributed by atoms with Crippen molar-refractivity contribution in [2.75, 3.05) is 0 Å². The van der Waals surface area contributed by atoms with Crippen LogP contribution in [0.4, 0.5) is 0 Å². The summed E-state index contributed by atoms with van der Waals surface area (Å²) in [5.74, 6) is 0. The molecule has 0 amide bonds. The first-order valence-electron chi connectivity index (χ1n) is 3.94. The Morgan fingerprint density at radius 2 is 0.750 bits per heavy atom. The molecule has 1 aromatic rings. The number of hydrogen-bond acceptors (Lipinski definition) is 0. The fourth-order valence-electron chi connectivity index (χ4n) is 1.20. The van der Waals surface area contributed by atoms with Crippen LogP contribution in [0.5, 0.6) is 0 Å². The minimum atomic E-state index is 0. The van der Waals surface area contributed by atoms with Gasteiger partial charge in [-0.05, 0) is 20.8 Å². The van der Waals surface area contributed by atoms with Crippen LogP contribution in [-0.2, 0) is 35.0 Å². The Hall–Kier alpha value is -0.872. The van der Waals surface area contributed by atoms with Gasteiger partial charge in [0, 0.05) is 21.1 Å². The molecule has 4 heteroatoms. The predicted octanol–water partition coefficient (Wildman–Crippen LogP) is 2.63. The van der Waals surface area contributed by atoms with Crippen LogP contribution in [0.3, 0.4) is 0 Å². The van der Waals surface area contributed by atoms with E-state index in [9.17, 15) is 0 Å². The molecule has 84 valence electrons. The molecule has 0 aliphatic carbocycles. The first-order valence-corrected chi connectivity index (χ1v) is 3.94. The topological polar surface area (TPSA) is 59.7 Å². The molecule has 0 saturated carbocycles. The average molecular weight is 391 g/mol. The Morgan fingerprint density at radius 1 is 0.625 bits per heavy atom. The fourth-order valence-corrected chi connectivity index (χ4v) is 1.20. The number of hydrogen-bond donors (Lipinski definition) is 0. The molecule has 0 aliphatic heterocycles. The molecule has 0 saturated heterocycles. The molecule has 0 atom stereocenters. The second kappa shape index (κ2) is 19.7. The maximum absolute atomic E-state index is 7.75. The van der Waals surface area contributed by atoms with Crippen molar-refractivity contribution in [1.29, 1.82) is 0 Å². The van der Waals surface area contributed by atoms with E-state index in [2.05, 4.69) is 58.9 Å². The maximum atomic E-state index is 7.75. The molecule has 0 aromatic heterocycles. The van der Waals surface area contributed by atoms with Gasteiger partial charge in [0.05, 0.1) is 0 Å². The SMILES string of the molecule is C#[O+].C#[O+].C#[O+].Cc1cc(C)cc(C)c1.[W]. The van der Waals surface area contributed by atoms with Gasteiger partial charge < -0.3 is 0 Å². The van der Waals surface area contributed by atoms with E-state index in [1.54, 1.807) is 0 Å². The van der Waals surface area contributed by atoms with Crippen molar-refractivity contribution < 1.29 is 35.0 Å². The van der Waals surface area contributed by atoms with E-state index in [1.807, 2.05) is 0 Å². The molecule has 1 aromatic carbocycles. The summed E-state index contributed by atoms with van der Waals surface area (Å²) in [7, 11) is 0. The molecule has 0 fully saturated rings. The monoisotopic (exact) mass is 391 g/mol. The van der Waals surface area contributed by atoms with Gasteiger partial charge >= 0.3 is 33.9 Å². The molecule has 0 bridgehead atoms. The molecule has 3 nitrogen and oxygen atoms in total. The third-order valence-corrected chi connectivity index (χ3v) is 1.37. The Kier molecular flexibility index (Phi) is 30.0. The van der Waals surface area contributed by atoms with Gasteiger partial charge in [0.25, 0.3) is 0 Å². The Morgan fingerprint density at radius 3 is 0.875 bits per heavy atom. The Bertz CT molecular complexity index is 262. The van der Waals surface area contributed by atoms with Gasteiger partial charge in [0.1, 0.15) is 0 Å². The third kappa shape index (κ3) is 15.6. The Balaban J connectivity index is -0.0000000900. The molecule has 0 spiro atoms. The van der Waals surface area contributed by atoms with Crippen molar-refractivity contribution in [2.45, 2.75) is 20.8 Å². The van der Waals surface area contributed by atoms with Crippen LogP contribution < -0.4 is 0 Å². The van der Waals surface area contributed by atoms with E-state index in [4.69, 9.17) is 14.0 Å². The molecule has 0 unspecified atom stereocenters. The summed E-state index contributed by atoms with van der Waals surface area (Å²) in [6.07, 6.45) is 0. The van der Waals surface area contributed by atoms with Gasteiger partial charge in [-0.3, -0.25) is 0 Å². The zero-order chi connectivity index (χ0) is 12.9. The second-order valence-corrected chi connectivity index (χ2v) is 2.67. The average Bonchev–Trinajstić information content (AvgIpc) is 2.24. The second-order valence-electron chi connectivity index (χ2n) is 2.67. The minimum Gasteiger partial charge on any atom is -0.0564 e. The van der Waals surface area contributed by atoms with E-state index in [-0.39, 0.29) is 21.1 Å². The predicted molar refractivity (Wildman–Crippen MR) is 57.5 cm³/mol. The van der Waals surface area contributed by atoms with Crippen LogP contribution in [0, 0.1) is 40.7 Å². The van der Waals surface area contributed by atoms with E-state index < -0.39 is 0 Å². The van der Waals surface area contributed by atoms with Crippen LogP contribution in [0.2, 0.25) is 0 Å². The normalized spacial score (nSPS) is 5.81. The number of aryl methyl sites for hydroxylation is 3. The zero-order valence-corrected chi connectivity index (χ0v) is 12.5. The number of benzene rings is 1. The molecule has 0 N–H and O–H groups in total. The first-order chi connectivity index (χ1) is 7.18.